The summed E-state index contributed by atoms with van der Waals surface area (Å²) in [5.74, 6) is -1.10. The first-order valence-electron chi connectivity index (χ1n) is 7.84. The third-order valence-corrected chi connectivity index (χ3v) is 4.39. The minimum Gasteiger partial charge on any atom is -0.449 e. The summed E-state index contributed by atoms with van der Waals surface area (Å²) < 4.78 is 30.2. The third-order valence-electron chi connectivity index (χ3n) is 3.80. The molecule has 1 aromatic carbocycles. The maximum absolute atomic E-state index is 12.3. The number of esters is 1. The van der Waals surface area contributed by atoms with Crippen LogP contribution in [0.3, 0.4) is 0 Å². The highest BCUT2D eigenvalue weighted by Crippen LogP contribution is 2.19. The fraction of sp³-hybridized carbons (Fsp3) is 0.500. The first kappa shape index (κ1) is 18.3. The first-order valence-corrected chi connectivity index (χ1v) is 9.73. The Morgan fingerprint density at radius 3 is 2.46 bits per heavy atom. The summed E-state index contributed by atoms with van der Waals surface area (Å²) >= 11 is 0. The van der Waals surface area contributed by atoms with Crippen molar-refractivity contribution in [3.05, 3.63) is 29.8 Å². The number of rotatable bonds is 6. The maximum Gasteiger partial charge on any atom is 0.341 e. The number of para-hydroxylation sites is 1. The molecule has 7 nitrogen and oxygen atoms in total. The van der Waals surface area contributed by atoms with Gasteiger partial charge in [-0.15, -0.1) is 0 Å². The van der Waals surface area contributed by atoms with Gasteiger partial charge in [-0.3, -0.25) is 9.52 Å². The quantitative estimate of drug-likeness (QED) is 0.757. The summed E-state index contributed by atoms with van der Waals surface area (Å²) in [6.45, 7) is 1.49. The monoisotopic (exact) mass is 354 g/mol. The Morgan fingerprint density at radius 2 is 1.83 bits per heavy atom. The smallest absolute Gasteiger partial charge is 0.341 e. The number of hydrogen-bond donors (Lipinski definition) is 2. The molecular formula is C16H22N2O5S. The van der Waals surface area contributed by atoms with Crippen LogP contribution in [0.1, 0.15) is 43.0 Å². The highest BCUT2D eigenvalue weighted by Gasteiger charge is 2.24. The van der Waals surface area contributed by atoms with Crippen molar-refractivity contribution < 1.29 is 22.7 Å². The molecule has 1 aromatic rings. The van der Waals surface area contributed by atoms with E-state index in [4.69, 9.17) is 4.74 Å². The van der Waals surface area contributed by atoms with Gasteiger partial charge in [-0.2, -0.15) is 0 Å². The van der Waals surface area contributed by atoms with Gasteiger partial charge in [-0.1, -0.05) is 25.0 Å². The number of amides is 1. The minimum atomic E-state index is -3.53. The average molecular weight is 354 g/mol. The second-order valence-electron chi connectivity index (χ2n) is 5.96. The molecule has 1 saturated carbocycles. The van der Waals surface area contributed by atoms with Crippen molar-refractivity contribution >= 4 is 27.6 Å². The lowest BCUT2D eigenvalue weighted by Crippen LogP contribution is -2.40. The van der Waals surface area contributed by atoms with Crippen LogP contribution in [-0.2, 0) is 19.6 Å². The second-order valence-corrected chi connectivity index (χ2v) is 7.71. The van der Waals surface area contributed by atoms with E-state index in [1.165, 1.54) is 19.1 Å². The molecule has 0 radical (unpaired) electrons. The molecule has 1 aliphatic rings. The molecule has 8 heteroatoms. The fourth-order valence-corrected chi connectivity index (χ4v) is 3.19. The van der Waals surface area contributed by atoms with Crippen LogP contribution in [0.15, 0.2) is 24.3 Å². The van der Waals surface area contributed by atoms with E-state index in [1.54, 1.807) is 12.1 Å². The van der Waals surface area contributed by atoms with Gasteiger partial charge in [0, 0.05) is 6.04 Å². The number of carbonyl (C=O) groups is 2. The molecule has 0 heterocycles. The molecule has 1 amide bonds. The van der Waals surface area contributed by atoms with Crippen LogP contribution >= 0.6 is 0 Å². The predicted molar refractivity (Wildman–Crippen MR) is 90.2 cm³/mol. The molecule has 1 aliphatic carbocycles. The van der Waals surface area contributed by atoms with E-state index in [9.17, 15) is 18.0 Å². The summed E-state index contributed by atoms with van der Waals surface area (Å²) in [4.78, 5) is 24.3. The molecule has 0 unspecified atom stereocenters. The van der Waals surface area contributed by atoms with Gasteiger partial charge in [0.25, 0.3) is 5.91 Å². The van der Waals surface area contributed by atoms with E-state index in [0.29, 0.717) is 0 Å². The normalized spacial score (nSPS) is 16.4. The van der Waals surface area contributed by atoms with Crippen LogP contribution in [0.4, 0.5) is 5.69 Å². The summed E-state index contributed by atoms with van der Waals surface area (Å²) in [6.07, 6.45) is 4.09. The van der Waals surface area contributed by atoms with E-state index in [2.05, 4.69) is 10.0 Å². The molecule has 0 bridgehead atoms. The van der Waals surface area contributed by atoms with Gasteiger partial charge in [-0.05, 0) is 31.9 Å². The van der Waals surface area contributed by atoms with Crippen molar-refractivity contribution in [3.63, 3.8) is 0 Å². The molecule has 0 spiro atoms. The van der Waals surface area contributed by atoms with E-state index in [1.807, 2.05) is 0 Å². The summed E-state index contributed by atoms with van der Waals surface area (Å²) in [5, 5.41) is 2.86. The second kappa shape index (κ2) is 7.65. The highest BCUT2D eigenvalue weighted by atomic mass is 32.2. The molecule has 0 saturated heterocycles. The Kier molecular flexibility index (Phi) is 5.82. The van der Waals surface area contributed by atoms with Crippen LogP contribution in [0.2, 0.25) is 0 Å². The number of sulfonamides is 1. The lowest BCUT2D eigenvalue weighted by Gasteiger charge is -2.18. The van der Waals surface area contributed by atoms with E-state index >= 15 is 0 Å². The molecule has 1 atom stereocenters. The summed E-state index contributed by atoms with van der Waals surface area (Å²) in [7, 11) is -3.53. The van der Waals surface area contributed by atoms with Crippen LogP contribution in [0.25, 0.3) is 0 Å². The van der Waals surface area contributed by atoms with Crippen molar-refractivity contribution in [3.8, 4) is 0 Å². The Balaban J connectivity index is 2.02. The molecule has 24 heavy (non-hydrogen) atoms. The van der Waals surface area contributed by atoms with Gasteiger partial charge in [0.1, 0.15) is 0 Å². The Bertz CT molecular complexity index is 711. The van der Waals surface area contributed by atoms with Crippen molar-refractivity contribution in [1.29, 1.82) is 0 Å². The number of benzene rings is 1. The van der Waals surface area contributed by atoms with Crippen LogP contribution < -0.4 is 10.0 Å². The number of anilines is 1. The Morgan fingerprint density at radius 1 is 1.21 bits per heavy atom. The molecule has 2 N–H and O–H groups in total. The number of hydrogen-bond acceptors (Lipinski definition) is 5. The molecular weight excluding hydrogens is 332 g/mol. The number of ether oxygens (including phenoxy) is 1. The highest BCUT2D eigenvalue weighted by molar-refractivity contribution is 7.92. The zero-order valence-electron chi connectivity index (χ0n) is 13.7. The zero-order chi connectivity index (χ0) is 17.7. The lowest BCUT2D eigenvalue weighted by atomic mass is 10.2. The number of carbonyl (C=O) groups excluding carboxylic acids is 2. The largest absolute Gasteiger partial charge is 0.449 e. The van der Waals surface area contributed by atoms with E-state index in [-0.39, 0.29) is 23.2 Å². The first-order chi connectivity index (χ1) is 11.3. The SMILES string of the molecule is C[C@@H](OC(=O)c1ccccc1NS(C)(=O)=O)C(=O)NC1CCCC1. The minimum absolute atomic E-state index is 0.0587. The third kappa shape index (κ3) is 5.23. The topological polar surface area (TPSA) is 102 Å². The Hall–Kier alpha value is -2.09. The van der Waals surface area contributed by atoms with Crippen LogP contribution in [-0.4, -0.2) is 38.7 Å². The Labute approximate surface area is 141 Å². The van der Waals surface area contributed by atoms with Crippen molar-refractivity contribution in [2.75, 3.05) is 11.0 Å². The van der Waals surface area contributed by atoms with Crippen LogP contribution in [0.5, 0.6) is 0 Å². The van der Waals surface area contributed by atoms with Gasteiger partial charge >= 0.3 is 5.97 Å². The van der Waals surface area contributed by atoms with Gasteiger partial charge in [-0.25, -0.2) is 13.2 Å². The van der Waals surface area contributed by atoms with Crippen molar-refractivity contribution in [1.82, 2.24) is 5.32 Å². The van der Waals surface area contributed by atoms with E-state index < -0.39 is 22.1 Å². The average Bonchev–Trinajstić information content (AvgIpc) is 2.98. The van der Waals surface area contributed by atoms with Gasteiger partial charge in [0.2, 0.25) is 10.0 Å². The molecule has 132 valence electrons. The molecule has 2 rings (SSSR count). The fourth-order valence-electron chi connectivity index (χ4n) is 2.62. The van der Waals surface area contributed by atoms with Gasteiger partial charge < -0.3 is 10.1 Å². The van der Waals surface area contributed by atoms with Crippen molar-refractivity contribution in [2.24, 2.45) is 0 Å². The standard InChI is InChI=1S/C16H22N2O5S/c1-11(15(19)17-12-7-3-4-8-12)23-16(20)13-9-5-6-10-14(13)18-24(2,21)22/h5-6,9-12,18H,3-4,7-8H2,1-2H3,(H,17,19)/t11-/m1/s1. The van der Waals surface area contributed by atoms with Gasteiger partial charge in [0.05, 0.1) is 17.5 Å². The lowest BCUT2D eigenvalue weighted by molar-refractivity contribution is -0.129. The molecule has 0 aliphatic heterocycles. The summed E-state index contributed by atoms with van der Waals surface area (Å²) in [6, 6.07) is 6.23. The molecule has 1 fully saturated rings. The van der Waals surface area contributed by atoms with Gasteiger partial charge in [0.15, 0.2) is 6.10 Å². The van der Waals surface area contributed by atoms with Crippen molar-refractivity contribution in [2.45, 2.75) is 44.8 Å². The predicted octanol–water partition coefficient (Wildman–Crippen LogP) is 1.66. The molecule has 0 aromatic heterocycles. The van der Waals surface area contributed by atoms with E-state index in [0.717, 1.165) is 31.9 Å². The van der Waals surface area contributed by atoms with Crippen LogP contribution in [0, 0.1) is 0 Å². The zero-order valence-corrected chi connectivity index (χ0v) is 14.6. The summed E-state index contributed by atoms with van der Waals surface area (Å²) in [5.41, 5.74) is 0.178. The number of nitrogens with one attached hydrogen (secondary N) is 2. The maximum atomic E-state index is 12.3.